The SMILES string of the molecule is CN(C)C(=O)/C=C/CCC1(COc2ccc(/C(=C(/CC(F)(F)F)c3ccccc3)c3ccc4c(c3)c(F)nn4C3CCCCO3)cn2)CCCCC1. The molecule has 2 aliphatic rings. The molecule has 1 saturated carbocycles. The second kappa shape index (κ2) is 16.4. The Balaban J connectivity index is 1.33. The van der Waals surface area contributed by atoms with E-state index in [2.05, 4.69) is 10.1 Å². The van der Waals surface area contributed by atoms with Crippen LogP contribution in [0.15, 0.2) is 79.0 Å². The van der Waals surface area contributed by atoms with E-state index in [9.17, 15) is 18.0 Å². The van der Waals surface area contributed by atoms with Crippen LogP contribution in [-0.4, -0.2) is 59.1 Å². The summed E-state index contributed by atoms with van der Waals surface area (Å²) in [5.74, 6) is -0.383. The molecule has 2 aromatic carbocycles. The molecule has 6 rings (SSSR count). The fraction of sp³-hybridized carbons (Fsp3) is 0.439. The van der Waals surface area contributed by atoms with Crippen molar-refractivity contribution in [3.8, 4) is 5.88 Å². The van der Waals surface area contributed by atoms with E-state index in [1.54, 1.807) is 80.8 Å². The molecule has 2 aromatic heterocycles. The Morgan fingerprint density at radius 3 is 2.44 bits per heavy atom. The Morgan fingerprint density at radius 2 is 1.77 bits per heavy atom. The summed E-state index contributed by atoms with van der Waals surface area (Å²) in [6, 6.07) is 16.9. The Labute approximate surface area is 302 Å². The van der Waals surface area contributed by atoms with Gasteiger partial charge in [0.25, 0.3) is 0 Å². The van der Waals surface area contributed by atoms with Crippen LogP contribution in [0, 0.1) is 11.4 Å². The topological polar surface area (TPSA) is 69.5 Å². The second-order valence-corrected chi connectivity index (χ2v) is 14.2. The number of benzene rings is 2. The van der Waals surface area contributed by atoms with Gasteiger partial charge in [-0.2, -0.15) is 17.6 Å². The summed E-state index contributed by atoms with van der Waals surface area (Å²) in [4.78, 5) is 18.1. The van der Waals surface area contributed by atoms with Crippen molar-refractivity contribution in [2.24, 2.45) is 5.41 Å². The van der Waals surface area contributed by atoms with Crippen LogP contribution in [0.5, 0.6) is 5.88 Å². The molecular formula is C41H46F4N4O3. The third kappa shape index (κ3) is 9.10. The molecule has 0 spiro atoms. The maximum atomic E-state index is 15.5. The first-order valence-corrected chi connectivity index (χ1v) is 18.1. The van der Waals surface area contributed by atoms with E-state index in [0.29, 0.717) is 53.3 Å². The molecule has 0 radical (unpaired) electrons. The van der Waals surface area contributed by atoms with E-state index in [1.165, 1.54) is 22.2 Å². The van der Waals surface area contributed by atoms with Crippen molar-refractivity contribution < 1.29 is 31.8 Å². The van der Waals surface area contributed by atoms with Gasteiger partial charge in [-0.15, -0.1) is 5.10 Å². The highest BCUT2D eigenvalue weighted by atomic mass is 19.4. The van der Waals surface area contributed by atoms with Crippen LogP contribution in [0.2, 0.25) is 0 Å². The fourth-order valence-corrected chi connectivity index (χ4v) is 7.42. The first-order valence-electron chi connectivity index (χ1n) is 18.1. The molecule has 1 aliphatic heterocycles. The molecular weight excluding hydrogens is 672 g/mol. The Bertz CT molecular complexity index is 1870. The highest BCUT2D eigenvalue weighted by Crippen LogP contribution is 2.42. The number of amides is 1. The maximum absolute atomic E-state index is 15.5. The summed E-state index contributed by atoms with van der Waals surface area (Å²) in [5.41, 5.74) is 2.07. The van der Waals surface area contributed by atoms with Crippen LogP contribution in [-0.2, 0) is 9.53 Å². The van der Waals surface area contributed by atoms with Gasteiger partial charge >= 0.3 is 6.18 Å². The Kier molecular flexibility index (Phi) is 11.8. The minimum Gasteiger partial charge on any atom is -0.477 e. The molecule has 1 atom stereocenters. The van der Waals surface area contributed by atoms with Crippen molar-refractivity contribution in [1.29, 1.82) is 0 Å². The van der Waals surface area contributed by atoms with Gasteiger partial charge in [0.15, 0.2) is 6.23 Å². The number of aromatic nitrogens is 3. The molecule has 52 heavy (non-hydrogen) atoms. The number of nitrogens with zero attached hydrogens (tertiary/aromatic N) is 4. The number of likely N-dealkylation sites (N-methyl/N-ethyl adjacent to an activating group) is 1. The monoisotopic (exact) mass is 718 g/mol. The van der Waals surface area contributed by atoms with Gasteiger partial charge in [-0.05, 0) is 91.5 Å². The quantitative estimate of drug-likeness (QED) is 0.0829. The molecule has 276 valence electrons. The predicted molar refractivity (Wildman–Crippen MR) is 194 cm³/mol. The number of allylic oxidation sites excluding steroid dienone is 2. The smallest absolute Gasteiger partial charge is 0.393 e. The molecule has 1 unspecified atom stereocenters. The van der Waals surface area contributed by atoms with E-state index in [0.717, 1.165) is 51.4 Å². The van der Waals surface area contributed by atoms with E-state index < -0.39 is 24.8 Å². The largest absolute Gasteiger partial charge is 0.477 e. The third-order valence-corrected chi connectivity index (χ3v) is 10.2. The zero-order chi connectivity index (χ0) is 36.7. The average molecular weight is 719 g/mol. The number of fused-ring (bicyclic) bond motifs is 1. The van der Waals surface area contributed by atoms with Gasteiger partial charge in [-0.3, -0.25) is 4.79 Å². The lowest BCUT2D eigenvalue weighted by Gasteiger charge is -2.36. The summed E-state index contributed by atoms with van der Waals surface area (Å²) >= 11 is 0. The van der Waals surface area contributed by atoms with Gasteiger partial charge in [0.1, 0.15) is 0 Å². The minimum absolute atomic E-state index is 0.0493. The maximum Gasteiger partial charge on any atom is 0.393 e. The van der Waals surface area contributed by atoms with Gasteiger partial charge in [-0.25, -0.2) is 9.67 Å². The Hall–Kier alpha value is -4.51. The van der Waals surface area contributed by atoms with Crippen molar-refractivity contribution in [2.75, 3.05) is 27.3 Å². The van der Waals surface area contributed by atoms with E-state index in [1.807, 2.05) is 6.08 Å². The van der Waals surface area contributed by atoms with Crippen molar-refractivity contribution >= 4 is 28.0 Å². The molecule has 11 heteroatoms. The summed E-state index contributed by atoms with van der Waals surface area (Å²) in [6.07, 6.45) is 8.51. The molecule has 7 nitrogen and oxygen atoms in total. The molecule has 3 heterocycles. The van der Waals surface area contributed by atoms with Crippen molar-refractivity contribution in [3.05, 3.63) is 102 Å². The van der Waals surface area contributed by atoms with Gasteiger partial charge in [0.05, 0.1) is 23.9 Å². The van der Waals surface area contributed by atoms with Crippen LogP contribution in [0.1, 0.15) is 93.5 Å². The fourth-order valence-electron chi connectivity index (χ4n) is 7.42. The summed E-state index contributed by atoms with van der Waals surface area (Å²) in [5, 5.41) is 4.35. The van der Waals surface area contributed by atoms with Gasteiger partial charge in [0.2, 0.25) is 17.7 Å². The molecule has 4 aromatic rings. The van der Waals surface area contributed by atoms with Gasteiger partial charge in [-0.1, -0.05) is 61.7 Å². The van der Waals surface area contributed by atoms with Gasteiger partial charge in [0, 0.05) is 43.9 Å². The average Bonchev–Trinajstić information content (AvgIpc) is 3.48. The van der Waals surface area contributed by atoms with Crippen molar-refractivity contribution in [3.63, 3.8) is 0 Å². The van der Waals surface area contributed by atoms with Gasteiger partial charge < -0.3 is 14.4 Å². The zero-order valence-corrected chi connectivity index (χ0v) is 29.8. The molecule has 1 aliphatic carbocycles. The number of rotatable bonds is 12. The number of pyridine rings is 1. The van der Waals surface area contributed by atoms with Crippen LogP contribution in [0.4, 0.5) is 17.6 Å². The van der Waals surface area contributed by atoms with E-state index >= 15 is 4.39 Å². The standard InChI is InChI=1S/C41H46F4N4O3/c1-48(2)36(50)15-7-11-23-40(21-9-4-10-22-40)28-52-35-20-18-31(27-46-35)38(33(26-41(43,44)45)29-13-5-3-6-14-29)30-17-19-34-32(25-30)39(42)47-49(34)37-16-8-12-24-51-37/h3,5-7,13-15,17-20,25,27,37H,4,8-12,16,21-24,26,28H2,1-2H3/b15-7+,38-33-. The lowest BCUT2D eigenvalue weighted by molar-refractivity contribution is -0.124. The number of hydrogen-bond donors (Lipinski definition) is 0. The number of ether oxygens (including phenoxy) is 2. The van der Waals surface area contributed by atoms with Crippen molar-refractivity contribution in [2.45, 2.75) is 83.0 Å². The second-order valence-electron chi connectivity index (χ2n) is 14.2. The summed E-state index contributed by atoms with van der Waals surface area (Å²) in [7, 11) is 3.45. The molecule has 0 bridgehead atoms. The first-order chi connectivity index (χ1) is 25.0. The van der Waals surface area contributed by atoms with Crippen molar-refractivity contribution in [1.82, 2.24) is 19.7 Å². The summed E-state index contributed by atoms with van der Waals surface area (Å²) in [6.45, 7) is 1.01. The normalized spacial score (nSPS) is 18.4. The molecule has 2 fully saturated rings. The first kappa shape index (κ1) is 37.3. The number of alkyl halides is 3. The third-order valence-electron chi connectivity index (χ3n) is 10.2. The summed E-state index contributed by atoms with van der Waals surface area (Å²) < 4.78 is 72.0. The number of hydrogen-bond acceptors (Lipinski definition) is 5. The van der Waals surface area contributed by atoms with E-state index in [4.69, 9.17) is 9.47 Å². The Morgan fingerprint density at radius 1 is 1.00 bits per heavy atom. The minimum atomic E-state index is -4.52. The van der Waals surface area contributed by atoms with Crippen LogP contribution >= 0.6 is 0 Å². The van der Waals surface area contributed by atoms with Crippen LogP contribution in [0.3, 0.4) is 0 Å². The highest BCUT2D eigenvalue weighted by molar-refractivity contribution is 6.00. The molecule has 1 saturated heterocycles. The van der Waals surface area contributed by atoms with E-state index in [-0.39, 0.29) is 22.3 Å². The zero-order valence-electron chi connectivity index (χ0n) is 29.8. The predicted octanol–water partition coefficient (Wildman–Crippen LogP) is 9.93. The van der Waals surface area contributed by atoms with Crippen LogP contribution in [0.25, 0.3) is 22.0 Å². The number of halogens is 4. The lowest BCUT2D eigenvalue weighted by atomic mass is 9.71. The highest BCUT2D eigenvalue weighted by Gasteiger charge is 2.34. The molecule has 1 amide bonds. The number of carbonyl (C=O) groups excluding carboxylic acids is 1. The lowest BCUT2D eigenvalue weighted by Crippen LogP contribution is -2.31. The number of carbonyl (C=O) groups is 1. The van der Waals surface area contributed by atoms with Crippen LogP contribution < -0.4 is 4.74 Å². The molecule has 0 N–H and O–H groups in total.